The summed E-state index contributed by atoms with van der Waals surface area (Å²) in [7, 11) is 0. The van der Waals surface area contributed by atoms with Crippen molar-refractivity contribution in [1.29, 1.82) is 0 Å². The normalized spacial score (nSPS) is 11.8. The van der Waals surface area contributed by atoms with Gasteiger partial charge in [0.1, 0.15) is 22.6 Å². The zero-order chi connectivity index (χ0) is 70.7. The molecular formula is C88H66N8S8. The fourth-order valence-electron chi connectivity index (χ4n) is 12.6. The largest absolute Gasteiger partial charge is 0.324 e. The molecule has 2 N–H and O–H groups in total. The van der Waals surface area contributed by atoms with Crippen LogP contribution in [0, 0.1) is 55.4 Å². The van der Waals surface area contributed by atoms with Crippen molar-refractivity contribution in [1.82, 2.24) is 39.9 Å². The highest BCUT2D eigenvalue weighted by atomic mass is 32.2. The Kier molecular flexibility index (Phi) is 19.0. The molecule has 0 atom stereocenters. The van der Waals surface area contributed by atoms with Gasteiger partial charge in [-0.25, -0.2) is 29.9 Å². The van der Waals surface area contributed by atoms with Crippen LogP contribution in [0.4, 0.5) is 0 Å². The van der Waals surface area contributed by atoms with Crippen LogP contribution in [-0.4, -0.2) is 39.9 Å². The van der Waals surface area contributed by atoms with Gasteiger partial charge in [-0.2, -0.15) is 0 Å². The minimum Gasteiger partial charge on any atom is -0.324 e. The Balaban J connectivity index is 1.06. The number of rotatable bonds is 16. The summed E-state index contributed by atoms with van der Waals surface area (Å²) >= 11 is 13.7. The summed E-state index contributed by atoms with van der Waals surface area (Å²) in [6.07, 6.45) is 0. The Morgan fingerprint density at radius 2 is 0.317 bits per heavy atom. The van der Waals surface area contributed by atoms with Gasteiger partial charge in [-0.1, -0.05) is 236 Å². The van der Waals surface area contributed by atoms with E-state index in [-0.39, 0.29) is 0 Å². The van der Waals surface area contributed by atoms with Crippen LogP contribution >= 0.6 is 94.1 Å². The first kappa shape index (κ1) is 67.9. The Hall–Kier alpha value is -9.20. The first-order chi connectivity index (χ1) is 50.7. The molecule has 104 heavy (non-hydrogen) atoms. The number of aromatic amines is 2. The molecule has 0 amide bonds. The number of H-pyrrole nitrogens is 2. The van der Waals surface area contributed by atoms with Crippen molar-refractivity contribution in [3.63, 3.8) is 0 Å². The molecule has 2 aliphatic rings. The van der Waals surface area contributed by atoms with Crippen molar-refractivity contribution < 1.29 is 0 Å². The Morgan fingerprint density at radius 1 is 0.173 bits per heavy atom. The lowest BCUT2D eigenvalue weighted by molar-refractivity contribution is 1.18. The predicted molar refractivity (Wildman–Crippen MR) is 438 cm³/mol. The van der Waals surface area contributed by atoms with Gasteiger partial charge < -0.3 is 9.97 Å². The maximum atomic E-state index is 6.00. The molecule has 5 heterocycles. The number of hydrogen-bond donors (Lipinski definition) is 2. The summed E-state index contributed by atoms with van der Waals surface area (Å²) in [6, 6.07) is 88.0. The van der Waals surface area contributed by atoms with Gasteiger partial charge in [-0.15, -0.1) is 0 Å². The standard InChI is InChI=1S/C88H66N8S8/c1-49-9-25-57(26-10-49)97-65-41-42-66(98-58-27-11-50(2)12-28-58)74-73(65)81-89-82(74)94-84-77-69(101-61-33-17-53(5)18-34-61)45-46-70(102-62-35-19-54(6)20-36-62)78(77)86(91-84)96-88-80-72(104-64-39-23-56(8)24-40-64)48-47-71(103-63-37-21-55(7)22-38-63)79(80)87(92-88)95-85-76-68(100-60-31-15-52(4)16-32-60)44-43-67(75(76)83(90-85)93-81)99-59-29-13-51(3)14-30-59/h9-48H,1-8H3,(H2,89,90,91,92,93,94,95,96). The lowest BCUT2D eigenvalue weighted by atomic mass is 10.1. The highest BCUT2D eigenvalue weighted by Gasteiger charge is 2.32. The van der Waals surface area contributed by atoms with E-state index in [4.69, 9.17) is 29.9 Å². The van der Waals surface area contributed by atoms with E-state index < -0.39 is 0 Å². The number of aromatic nitrogens is 8. The number of nitrogens with zero attached hydrogens (tertiary/aromatic N) is 6. The summed E-state index contributed by atoms with van der Waals surface area (Å²) in [5, 5.41) is 3.63. The van der Waals surface area contributed by atoms with Crippen molar-refractivity contribution in [3.8, 4) is 45.6 Å². The number of benzene rings is 12. The Bertz CT molecular complexity index is 5290. The SMILES string of the molecule is Cc1ccc(Sc2ccc(Sc3ccc(C)cc3)c3c2-c2nc-3nc3[nH]c(nc4nc(nc5[nH]c(n2)c2c(Sc6ccc(C)cc6)ccc(Sc6ccc(C)cc6)c52)-c2c(Sc5ccc(C)cc5)ccc(Sc5ccc(C)cc5)c2-4)c2c(Sc4ccc(C)cc4)ccc(Sc4ccc(C)cc4)c32)cc1. The molecule has 0 aliphatic carbocycles. The van der Waals surface area contributed by atoms with Crippen molar-refractivity contribution in [3.05, 3.63) is 287 Å². The third-order valence-corrected chi connectivity index (χ3v) is 26.7. The van der Waals surface area contributed by atoms with E-state index in [0.717, 1.165) is 122 Å². The fourth-order valence-corrected chi connectivity index (χ4v) is 20.3. The topological polar surface area (TPSA) is 109 Å². The average Bonchev–Trinajstić information content (AvgIpc) is 1.57. The van der Waals surface area contributed by atoms with Gasteiger partial charge in [0, 0.05) is 122 Å². The second kappa shape index (κ2) is 29.0. The third-order valence-electron chi connectivity index (χ3n) is 18.1. The van der Waals surface area contributed by atoms with Crippen molar-refractivity contribution in [2.75, 3.05) is 0 Å². The van der Waals surface area contributed by atoms with E-state index in [9.17, 15) is 0 Å². The van der Waals surface area contributed by atoms with Gasteiger partial charge >= 0.3 is 0 Å². The lowest BCUT2D eigenvalue weighted by Crippen LogP contribution is -1.90. The molecule has 12 aromatic carbocycles. The first-order valence-corrected chi connectivity index (χ1v) is 40.7. The molecule has 506 valence electrons. The van der Waals surface area contributed by atoms with Crippen molar-refractivity contribution in [2.45, 2.75) is 134 Å². The monoisotopic (exact) mass is 1490 g/mol. The Morgan fingerprint density at radius 3 is 0.481 bits per heavy atom. The van der Waals surface area contributed by atoms with E-state index in [2.05, 4.69) is 308 Å². The van der Waals surface area contributed by atoms with E-state index in [1.165, 1.54) is 44.5 Å². The third kappa shape index (κ3) is 14.2. The molecule has 17 rings (SSSR count). The summed E-state index contributed by atoms with van der Waals surface area (Å²) in [5.74, 6) is 2.07. The molecule has 0 unspecified atom stereocenters. The molecule has 0 radical (unpaired) electrons. The predicted octanol–water partition coefficient (Wildman–Crippen LogP) is 26.5. The van der Waals surface area contributed by atoms with Crippen LogP contribution in [0.5, 0.6) is 0 Å². The van der Waals surface area contributed by atoms with Crippen LogP contribution < -0.4 is 0 Å². The number of nitrogens with one attached hydrogen (secondary N) is 2. The van der Waals surface area contributed by atoms with Crippen LogP contribution in [0.25, 0.3) is 89.7 Å². The van der Waals surface area contributed by atoms with E-state index >= 15 is 0 Å². The smallest absolute Gasteiger partial charge is 0.165 e. The van der Waals surface area contributed by atoms with Crippen LogP contribution in [0.1, 0.15) is 44.5 Å². The van der Waals surface area contributed by atoms with Gasteiger partial charge in [0.2, 0.25) is 0 Å². The molecule has 8 bridgehead atoms. The van der Waals surface area contributed by atoms with Crippen molar-refractivity contribution >= 4 is 138 Å². The maximum Gasteiger partial charge on any atom is 0.165 e. The van der Waals surface area contributed by atoms with Crippen LogP contribution in [0.3, 0.4) is 0 Å². The highest BCUT2D eigenvalue weighted by molar-refractivity contribution is 8.01. The van der Waals surface area contributed by atoms with Gasteiger partial charge in [-0.05, 0) is 201 Å². The molecule has 16 heteroatoms. The molecule has 0 saturated carbocycles. The van der Waals surface area contributed by atoms with Crippen molar-refractivity contribution in [2.24, 2.45) is 0 Å². The lowest BCUT2D eigenvalue weighted by Gasteiger charge is -2.13. The van der Waals surface area contributed by atoms with E-state index in [0.29, 0.717) is 45.9 Å². The zero-order valence-corrected chi connectivity index (χ0v) is 64.6. The Labute approximate surface area is 638 Å². The van der Waals surface area contributed by atoms with Crippen LogP contribution in [0.2, 0.25) is 0 Å². The molecule has 0 spiro atoms. The van der Waals surface area contributed by atoms with Gasteiger partial charge in [-0.3, -0.25) is 0 Å². The van der Waals surface area contributed by atoms with E-state index in [1.54, 1.807) is 94.1 Å². The highest BCUT2D eigenvalue weighted by Crippen LogP contribution is 2.54. The number of fused-ring (bicyclic) bond motifs is 20. The number of hydrogen-bond acceptors (Lipinski definition) is 14. The summed E-state index contributed by atoms with van der Waals surface area (Å²) in [5.41, 5.74) is 15.4. The molecule has 15 aromatic rings. The van der Waals surface area contributed by atoms with E-state index in [1.807, 2.05) is 0 Å². The fraction of sp³-hybridized carbons (Fsp3) is 0.0909. The quantitative estimate of drug-likeness (QED) is 0.0958. The second-order valence-electron chi connectivity index (χ2n) is 26.2. The second-order valence-corrected chi connectivity index (χ2v) is 35.1. The van der Waals surface area contributed by atoms with Gasteiger partial charge in [0.05, 0.1) is 0 Å². The minimum atomic E-state index is 0.517. The molecule has 0 fully saturated rings. The molecule has 3 aromatic heterocycles. The molecule has 0 saturated heterocycles. The molecule has 8 nitrogen and oxygen atoms in total. The van der Waals surface area contributed by atoms with Crippen LogP contribution in [-0.2, 0) is 0 Å². The summed E-state index contributed by atoms with van der Waals surface area (Å²) in [4.78, 5) is 60.4. The molecular weight excluding hydrogens is 1430 g/mol. The van der Waals surface area contributed by atoms with Gasteiger partial charge in [0.15, 0.2) is 23.3 Å². The average molecular weight is 1490 g/mol. The van der Waals surface area contributed by atoms with Gasteiger partial charge in [0.25, 0.3) is 0 Å². The number of aryl methyl sites for hydroxylation is 8. The molecule has 2 aliphatic heterocycles. The first-order valence-electron chi connectivity index (χ1n) is 34.2. The summed E-state index contributed by atoms with van der Waals surface area (Å²) in [6.45, 7) is 17.1. The van der Waals surface area contributed by atoms with Crippen LogP contribution in [0.15, 0.2) is 321 Å². The minimum absolute atomic E-state index is 0.517. The maximum absolute atomic E-state index is 6.00. The summed E-state index contributed by atoms with van der Waals surface area (Å²) < 4.78 is 0. The zero-order valence-electron chi connectivity index (χ0n) is 58.0.